The van der Waals surface area contributed by atoms with Crippen molar-refractivity contribution in [1.29, 1.82) is 0 Å². The first-order chi connectivity index (χ1) is 13.8. The lowest BCUT2D eigenvalue weighted by molar-refractivity contribution is 0.0277. The lowest BCUT2D eigenvalue weighted by atomic mass is 9.98. The van der Waals surface area contributed by atoms with Crippen LogP contribution >= 0.6 is 24.0 Å². The van der Waals surface area contributed by atoms with E-state index in [9.17, 15) is 0 Å². The number of halogens is 1. The summed E-state index contributed by atoms with van der Waals surface area (Å²) in [6.07, 6.45) is 9.44. The van der Waals surface area contributed by atoms with Gasteiger partial charge in [0.1, 0.15) is 6.33 Å². The van der Waals surface area contributed by atoms with Gasteiger partial charge in [0.2, 0.25) is 0 Å². The van der Waals surface area contributed by atoms with Crippen molar-refractivity contribution < 1.29 is 4.74 Å². The summed E-state index contributed by atoms with van der Waals surface area (Å²) in [5, 5.41) is 13.5. The van der Waals surface area contributed by atoms with E-state index in [-0.39, 0.29) is 24.0 Å². The fraction of sp³-hybridized carbons (Fsp3) is 0.571. The fourth-order valence-corrected chi connectivity index (χ4v) is 3.43. The van der Waals surface area contributed by atoms with Crippen molar-refractivity contribution in [2.75, 3.05) is 19.7 Å². The first-order valence-electron chi connectivity index (χ1n) is 10.4. The van der Waals surface area contributed by atoms with E-state index in [1.54, 1.807) is 0 Å². The first-order valence-corrected chi connectivity index (χ1v) is 10.4. The van der Waals surface area contributed by atoms with Crippen molar-refractivity contribution in [3.8, 4) is 11.4 Å². The quantitative estimate of drug-likeness (QED) is 0.206. The van der Waals surface area contributed by atoms with E-state index in [1.807, 2.05) is 12.1 Å². The second-order valence-electron chi connectivity index (χ2n) is 7.14. The number of aromatic nitrogens is 3. The van der Waals surface area contributed by atoms with E-state index in [0.717, 1.165) is 49.0 Å². The molecule has 1 saturated carbocycles. The number of guanidine groups is 1. The van der Waals surface area contributed by atoms with Gasteiger partial charge in [-0.2, -0.15) is 5.10 Å². The van der Waals surface area contributed by atoms with Crippen LogP contribution in [-0.2, 0) is 11.3 Å². The predicted molar refractivity (Wildman–Crippen MR) is 127 cm³/mol. The molecule has 1 fully saturated rings. The molecule has 0 radical (unpaired) electrons. The molecule has 0 unspecified atom stereocenters. The van der Waals surface area contributed by atoms with Gasteiger partial charge < -0.3 is 15.4 Å². The minimum absolute atomic E-state index is 0. The third kappa shape index (κ3) is 8.30. The molecule has 8 heteroatoms. The Bertz CT molecular complexity index is 716. The van der Waals surface area contributed by atoms with Crippen molar-refractivity contribution in [1.82, 2.24) is 25.8 Å². The number of ether oxygens (including phenoxy) is 1. The maximum atomic E-state index is 5.99. The van der Waals surface area contributed by atoms with Crippen LogP contribution in [0.15, 0.2) is 35.6 Å². The van der Waals surface area contributed by atoms with Crippen molar-refractivity contribution in [2.45, 2.75) is 58.1 Å². The minimum atomic E-state index is 0. The Labute approximate surface area is 190 Å². The molecule has 3 rings (SSSR count). The van der Waals surface area contributed by atoms with Crippen LogP contribution in [-0.4, -0.2) is 46.9 Å². The fourth-order valence-electron chi connectivity index (χ4n) is 3.43. The Kier molecular flexibility index (Phi) is 11.0. The van der Waals surface area contributed by atoms with Gasteiger partial charge in [-0.25, -0.2) is 9.98 Å². The van der Waals surface area contributed by atoms with E-state index in [1.165, 1.54) is 38.4 Å². The van der Waals surface area contributed by atoms with Gasteiger partial charge in [-0.15, -0.1) is 24.0 Å². The Balaban J connectivity index is 0.00000300. The van der Waals surface area contributed by atoms with E-state index in [0.29, 0.717) is 12.6 Å². The van der Waals surface area contributed by atoms with E-state index < -0.39 is 0 Å². The molecule has 1 aromatic heterocycles. The van der Waals surface area contributed by atoms with Gasteiger partial charge in [0.15, 0.2) is 11.8 Å². The molecule has 7 nitrogen and oxygen atoms in total. The molecule has 0 spiro atoms. The number of nitrogens with one attached hydrogen (secondary N) is 3. The Morgan fingerprint density at radius 2 is 2.10 bits per heavy atom. The smallest absolute Gasteiger partial charge is 0.191 e. The van der Waals surface area contributed by atoms with Crippen LogP contribution in [0.3, 0.4) is 0 Å². The molecule has 29 heavy (non-hydrogen) atoms. The highest BCUT2D eigenvalue weighted by atomic mass is 127. The van der Waals surface area contributed by atoms with Crippen LogP contribution in [0.4, 0.5) is 0 Å². The molecule has 0 aliphatic heterocycles. The lowest BCUT2D eigenvalue weighted by Gasteiger charge is -2.22. The van der Waals surface area contributed by atoms with Crippen LogP contribution in [0.1, 0.15) is 51.0 Å². The number of hydrogen-bond donors (Lipinski definition) is 3. The number of aromatic amines is 1. The van der Waals surface area contributed by atoms with Crippen LogP contribution in [0.25, 0.3) is 11.4 Å². The number of nitrogens with zero attached hydrogens (tertiary/aromatic N) is 3. The average Bonchev–Trinajstić information content (AvgIpc) is 3.28. The summed E-state index contributed by atoms with van der Waals surface area (Å²) in [4.78, 5) is 8.91. The highest BCUT2D eigenvalue weighted by molar-refractivity contribution is 14.0. The maximum absolute atomic E-state index is 5.99. The van der Waals surface area contributed by atoms with Crippen molar-refractivity contribution >= 4 is 29.9 Å². The Morgan fingerprint density at radius 3 is 2.86 bits per heavy atom. The monoisotopic (exact) mass is 512 g/mol. The molecule has 0 atom stereocenters. The highest BCUT2D eigenvalue weighted by Gasteiger charge is 2.13. The van der Waals surface area contributed by atoms with Gasteiger partial charge in [0.25, 0.3) is 0 Å². The molecule has 160 valence electrons. The molecule has 0 saturated heterocycles. The maximum Gasteiger partial charge on any atom is 0.191 e. The minimum Gasteiger partial charge on any atom is -0.378 e. The zero-order valence-electron chi connectivity index (χ0n) is 17.2. The van der Waals surface area contributed by atoms with Crippen LogP contribution in [0, 0.1) is 0 Å². The molecule has 1 aliphatic rings. The van der Waals surface area contributed by atoms with Crippen LogP contribution in [0.5, 0.6) is 0 Å². The standard InChI is InChI=1S/C21H32N6O.HI/c1-2-22-21(23-12-7-13-28-19-10-4-3-5-11-19)24-15-17-8-6-9-18(14-17)20-25-16-26-27-20;/h6,8-9,14,16,19H,2-5,7,10-13,15H2,1H3,(H2,22,23,24)(H,25,26,27);1H. The van der Waals surface area contributed by atoms with Gasteiger partial charge in [-0.3, -0.25) is 5.10 Å². The second-order valence-corrected chi connectivity index (χ2v) is 7.14. The molecular weight excluding hydrogens is 479 g/mol. The van der Waals surface area contributed by atoms with Gasteiger partial charge in [-0.05, 0) is 37.8 Å². The van der Waals surface area contributed by atoms with Gasteiger partial charge in [0, 0.05) is 25.3 Å². The molecule has 1 aromatic carbocycles. The number of benzene rings is 1. The molecule has 2 aromatic rings. The Morgan fingerprint density at radius 1 is 1.24 bits per heavy atom. The zero-order valence-corrected chi connectivity index (χ0v) is 19.5. The summed E-state index contributed by atoms with van der Waals surface area (Å²) >= 11 is 0. The topological polar surface area (TPSA) is 87.2 Å². The number of rotatable bonds is 9. The summed E-state index contributed by atoms with van der Waals surface area (Å²) in [7, 11) is 0. The molecule has 0 bridgehead atoms. The lowest BCUT2D eigenvalue weighted by Crippen LogP contribution is -2.38. The summed E-state index contributed by atoms with van der Waals surface area (Å²) in [6.45, 7) is 5.19. The molecule has 3 N–H and O–H groups in total. The van der Waals surface area contributed by atoms with Crippen molar-refractivity contribution in [3.63, 3.8) is 0 Å². The van der Waals surface area contributed by atoms with E-state index in [4.69, 9.17) is 9.73 Å². The Hall–Kier alpha value is -1.68. The van der Waals surface area contributed by atoms with Gasteiger partial charge in [-0.1, -0.05) is 37.5 Å². The number of H-pyrrole nitrogens is 1. The zero-order chi connectivity index (χ0) is 19.4. The molecule has 1 heterocycles. The van der Waals surface area contributed by atoms with Crippen LogP contribution in [0.2, 0.25) is 0 Å². The van der Waals surface area contributed by atoms with Gasteiger partial charge in [0.05, 0.1) is 12.6 Å². The summed E-state index contributed by atoms with van der Waals surface area (Å²) in [5.74, 6) is 1.61. The second kappa shape index (κ2) is 13.5. The molecular formula is C21H33IN6O. The summed E-state index contributed by atoms with van der Waals surface area (Å²) in [5.41, 5.74) is 2.15. The third-order valence-corrected chi connectivity index (χ3v) is 4.90. The van der Waals surface area contributed by atoms with E-state index >= 15 is 0 Å². The first kappa shape index (κ1) is 23.6. The van der Waals surface area contributed by atoms with Gasteiger partial charge >= 0.3 is 0 Å². The number of aliphatic imine (C=N–C) groups is 1. The normalized spacial score (nSPS) is 15.0. The van der Waals surface area contributed by atoms with E-state index in [2.05, 4.69) is 44.9 Å². The van der Waals surface area contributed by atoms with Crippen LogP contribution < -0.4 is 10.6 Å². The summed E-state index contributed by atoms with van der Waals surface area (Å²) < 4.78 is 5.99. The predicted octanol–water partition coefficient (Wildman–Crippen LogP) is 3.88. The average molecular weight is 512 g/mol. The number of hydrogen-bond acceptors (Lipinski definition) is 4. The summed E-state index contributed by atoms with van der Waals surface area (Å²) in [6, 6.07) is 8.20. The SMILES string of the molecule is CCNC(=NCc1cccc(-c2ncn[nH]2)c1)NCCCOC1CCCCC1.I. The molecule has 0 amide bonds. The van der Waals surface area contributed by atoms with Crippen molar-refractivity contribution in [2.24, 2.45) is 4.99 Å². The van der Waals surface area contributed by atoms with Crippen molar-refractivity contribution in [3.05, 3.63) is 36.2 Å². The largest absolute Gasteiger partial charge is 0.378 e. The highest BCUT2D eigenvalue weighted by Crippen LogP contribution is 2.20. The third-order valence-electron chi connectivity index (χ3n) is 4.90. The molecule has 1 aliphatic carbocycles.